The molecule has 0 aromatic carbocycles. The van der Waals surface area contributed by atoms with Crippen molar-refractivity contribution >= 4 is 17.5 Å². The van der Waals surface area contributed by atoms with Crippen LogP contribution in [0.15, 0.2) is 18.3 Å². The summed E-state index contributed by atoms with van der Waals surface area (Å²) in [4.78, 5) is 18.4. The van der Waals surface area contributed by atoms with Crippen LogP contribution >= 0.6 is 0 Å². The van der Waals surface area contributed by atoms with Crippen LogP contribution in [0.4, 0.5) is 16.3 Å². The zero-order valence-corrected chi connectivity index (χ0v) is 13.2. The maximum absolute atomic E-state index is 11.9. The van der Waals surface area contributed by atoms with Gasteiger partial charge in [-0.15, -0.1) is 0 Å². The van der Waals surface area contributed by atoms with Crippen LogP contribution in [0, 0.1) is 0 Å². The molecule has 1 fully saturated rings. The van der Waals surface area contributed by atoms with Gasteiger partial charge in [0, 0.05) is 32.8 Å². The largest absolute Gasteiger partial charge is 0.385 e. The third-order valence-electron chi connectivity index (χ3n) is 3.47. The summed E-state index contributed by atoms with van der Waals surface area (Å²) in [6.07, 6.45) is 2.45. The van der Waals surface area contributed by atoms with Crippen LogP contribution in [0.5, 0.6) is 0 Å². The number of carbonyl (C=O) groups is 1. The van der Waals surface area contributed by atoms with E-state index >= 15 is 0 Å². The van der Waals surface area contributed by atoms with Crippen molar-refractivity contribution in [3.05, 3.63) is 18.3 Å². The van der Waals surface area contributed by atoms with Crippen molar-refractivity contribution in [1.29, 1.82) is 0 Å². The van der Waals surface area contributed by atoms with E-state index in [1.165, 1.54) is 0 Å². The Morgan fingerprint density at radius 3 is 2.86 bits per heavy atom. The quantitative estimate of drug-likeness (QED) is 0.832. The molecule has 2 rings (SSSR count). The molecule has 7 nitrogen and oxygen atoms in total. The van der Waals surface area contributed by atoms with Crippen LogP contribution in [0.2, 0.25) is 0 Å². The highest BCUT2D eigenvalue weighted by Gasteiger charge is 2.12. The van der Waals surface area contributed by atoms with E-state index < -0.39 is 0 Å². The number of hydrogen-bond donors (Lipinski definition) is 2. The molecule has 122 valence electrons. The molecule has 22 heavy (non-hydrogen) atoms. The number of carbonyl (C=O) groups excluding carboxylic acids is 1. The number of pyridine rings is 1. The molecule has 2 N–H and O–H groups in total. The summed E-state index contributed by atoms with van der Waals surface area (Å²) in [7, 11) is 1.65. The monoisotopic (exact) mass is 308 g/mol. The normalized spacial score (nSPS) is 16.2. The standard InChI is InChI=1S/C15H24N4O3/c1-12(5-8-21-2)17-15(20)18-13-3-4-14(16-11-13)19-6-9-22-10-7-19/h3-4,11-12H,5-10H2,1-2H3,(H2,17,18,20)/t12-/m0/s1. The van der Waals surface area contributed by atoms with Crippen molar-refractivity contribution in [2.75, 3.05) is 50.2 Å². The van der Waals surface area contributed by atoms with E-state index in [1.54, 1.807) is 13.3 Å². The van der Waals surface area contributed by atoms with Crippen molar-refractivity contribution in [3.8, 4) is 0 Å². The molecule has 0 saturated carbocycles. The Balaban J connectivity index is 1.81. The minimum Gasteiger partial charge on any atom is -0.385 e. The summed E-state index contributed by atoms with van der Waals surface area (Å²) >= 11 is 0. The smallest absolute Gasteiger partial charge is 0.319 e. The van der Waals surface area contributed by atoms with Gasteiger partial charge >= 0.3 is 6.03 Å². The molecule has 1 saturated heterocycles. The van der Waals surface area contributed by atoms with E-state index in [0.29, 0.717) is 12.3 Å². The van der Waals surface area contributed by atoms with E-state index in [2.05, 4.69) is 20.5 Å². The molecule has 2 heterocycles. The van der Waals surface area contributed by atoms with Gasteiger partial charge < -0.3 is 25.0 Å². The first-order chi connectivity index (χ1) is 10.7. The van der Waals surface area contributed by atoms with Crippen LogP contribution in [0.25, 0.3) is 0 Å². The molecule has 0 radical (unpaired) electrons. The van der Waals surface area contributed by atoms with Gasteiger partial charge in [0.15, 0.2) is 0 Å². The van der Waals surface area contributed by atoms with E-state index in [4.69, 9.17) is 9.47 Å². The van der Waals surface area contributed by atoms with Crippen molar-refractivity contribution in [2.24, 2.45) is 0 Å². The van der Waals surface area contributed by atoms with Gasteiger partial charge in [0.25, 0.3) is 0 Å². The van der Waals surface area contributed by atoms with Gasteiger partial charge in [-0.3, -0.25) is 0 Å². The second-order valence-corrected chi connectivity index (χ2v) is 5.29. The van der Waals surface area contributed by atoms with Gasteiger partial charge in [-0.25, -0.2) is 9.78 Å². The third kappa shape index (κ3) is 5.16. The molecule has 0 unspecified atom stereocenters. The Kier molecular flexibility index (Phi) is 6.42. The predicted molar refractivity (Wildman–Crippen MR) is 85.4 cm³/mol. The Morgan fingerprint density at radius 1 is 1.45 bits per heavy atom. The van der Waals surface area contributed by atoms with Crippen molar-refractivity contribution < 1.29 is 14.3 Å². The van der Waals surface area contributed by atoms with Gasteiger partial charge in [-0.2, -0.15) is 0 Å². The Bertz CT molecular complexity index is 460. The number of methoxy groups -OCH3 is 1. The number of urea groups is 1. The van der Waals surface area contributed by atoms with Crippen LogP contribution in [0.3, 0.4) is 0 Å². The molecule has 2 amide bonds. The third-order valence-corrected chi connectivity index (χ3v) is 3.47. The fraction of sp³-hybridized carbons (Fsp3) is 0.600. The van der Waals surface area contributed by atoms with Gasteiger partial charge in [0.1, 0.15) is 5.82 Å². The highest BCUT2D eigenvalue weighted by Crippen LogP contribution is 2.15. The zero-order chi connectivity index (χ0) is 15.8. The summed E-state index contributed by atoms with van der Waals surface area (Å²) in [5.41, 5.74) is 0.674. The topological polar surface area (TPSA) is 75.7 Å². The first-order valence-electron chi connectivity index (χ1n) is 7.54. The lowest BCUT2D eigenvalue weighted by molar-refractivity contribution is 0.122. The van der Waals surface area contributed by atoms with E-state index in [9.17, 15) is 4.79 Å². The lowest BCUT2D eigenvalue weighted by atomic mass is 10.2. The number of aromatic nitrogens is 1. The number of amides is 2. The second kappa shape index (κ2) is 8.55. The average molecular weight is 308 g/mol. The van der Waals surface area contributed by atoms with Gasteiger partial charge in [0.2, 0.25) is 0 Å². The highest BCUT2D eigenvalue weighted by atomic mass is 16.5. The minimum atomic E-state index is -0.232. The maximum Gasteiger partial charge on any atom is 0.319 e. The van der Waals surface area contributed by atoms with Gasteiger partial charge in [-0.05, 0) is 25.5 Å². The molecule has 0 aliphatic carbocycles. The number of hydrogen-bond acceptors (Lipinski definition) is 5. The number of morpholine rings is 1. The molecule has 0 spiro atoms. The Labute approximate surface area is 131 Å². The predicted octanol–water partition coefficient (Wildman–Crippen LogP) is 1.46. The zero-order valence-electron chi connectivity index (χ0n) is 13.2. The Hall–Kier alpha value is -1.86. The SMILES string of the molecule is COCC[C@H](C)NC(=O)Nc1ccc(N2CCOCC2)nc1. The molecule has 1 atom stereocenters. The number of rotatable bonds is 6. The molecular formula is C15H24N4O3. The highest BCUT2D eigenvalue weighted by molar-refractivity contribution is 5.89. The van der Waals surface area contributed by atoms with Crippen LogP contribution < -0.4 is 15.5 Å². The van der Waals surface area contributed by atoms with Crippen LogP contribution in [0.1, 0.15) is 13.3 Å². The summed E-state index contributed by atoms with van der Waals surface area (Å²) in [6, 6.07) is 3.59. The number of nitrogens with zero attached hydrogens (tertiary/aromatic N) is 2. The molecule has 1 aromatic heterocycles. The number of anilines is 2. The van der Waals surface area contributed by atoms with Crippen molar-refractivity contribution in [3.63, 3.8) is 0 Å². The Morgan fingerprint density at radius 2 is 2.23 bits per heavy atom. The average Bonchev–Trinajstić information content (AvgIpc) is 2.54. The van der Waals surface area contributed by atoms with Gasteiger partial charge in [0.05, 0.1) is 25.1 Å². The fourth-order valence-corrected chi connectivity index (χ4v) is 2.20. The lowest BCUT2D eigenvalue weighted by Gasteiger charge is -2.27. The minimum absolute atomic E-state index is 0.0560. The summed E-state index contributed by atoms with van der Waals surface area (Å²) in [6.45, 7) is 5.71. The van der Waals surface area contributed by atoms with Crippen LogP contribution in [-0.4, -0.2) is 57.1 Å². The first kappa shape index (κ1) is 16.5. The molecule has 1 aromatic rings. The fourth-order valence-electron chi connectivity index (χ4n) is 2.20. The lowest BCUT2D eigenvalue weighted by Crippen LogP contribution is -2.37. The summed E-state index contributed by atoms with van der Waals surface area (Å²) < 4.78 is 10.3. The second-order valence-electron chi connectivity index (χ2n) is 5.29. The number of nitrogens with one attached hydrogen (secondary N) is 2. The molecule has 7 heteroatoms. The molecule has 0 bridgehead atoms. The molecular weight excluding hydrogens is 284 g/mol. The first-order valence-corrected chi connectivity index (χ1v) is 7.54. The van der Waals surface area contributed by atoms with E-state index in [-0.39, 0.29) is 12.1 Å². The summed E-state index contributed by atoms with van der Waals surface area (Å²) in [5, 5.41) is 5.64. The molecule has 1 aliphatic heterocycles. The summed E-state index contributed by atoms with van der Waals surface area (Å²) in [5.74, 6) is 0.905. The van der Waals surface area contributed by atoms with E-state index in [0.717, 1.165) is 38.5 Å². The van der Waals surface area contributed by atoms with Crippen molar-refractivity contribution in [1.82, 2.24) is 10.3 Å². The van der Waals surface area contributed by atoms with Crippen LogP contribution in [-0.2, 0) is 9.47 Å². The maximum atomic E-state index is 11.9. The number of ether oxygens (including phenoxy) is 2. The van der Waals surface area contributed by atoms with E-state index in [1.807, 2.05) is 19.1 Å². The van der Waals surface area contributed by atoms with Gasteiger partial charge in [-0.1, -0.05) is 0 Å². The van der Waals surface area contributed by atoms with Crippen molar-refractivity contribution in [2.45, 2.75) is 19.4 Å². The molecule has 1 aliphatic rings.